The van der Waals surface area contributed by atoms with Crippen LogP contribution in [0.1, 0.15) is 38.6 Å². The summed E-state index contributed by atoms with van der Waals surface area (Å²) in [7, 11) is 0. The first-order chi connectivity index (χ1) is 7.98. The molecular formula is C14H24N2S. The highest BCUT2D eigenvalue weighted by Gasteiger charge is 2.31. The third-order valence-electron chi connectivity index (χ3n) is 3.75. The van der Waals surface area contributed by atoms with E-state index in [4.69, 9.17) is 0 Å². The molecule has 96 valence electrons. The molecule has 0 aromatic carbocycles. The fraction of sp³-hybridized carbons (Fsp3) is 0.714. The molecule has 17 heavy (non-hydrogen) atoms. The number of hydrogen-bond acceptors (Lipinski definition) is 3. The molecule has 1 aromatic rings. The van der Waals surface area contributed by atoms with Crippen LogP contribution < -0.4 is 5.32 Å². The standard InChI is InChI=1S/C14H24N2S/c1-11(12-6-5-9-17-12)16-8-7-15-13(10-16)14(2,3)4/h5-6,9,11,13,15H,7-8,10H2,1-4H3. The molecule has 1 saturated heterocycles. The number of nitrogens with zero attached hydrogens (tertiary/aromatic N) is 1. The maximum atomic E-state index is 3.65. The van der Waals surface area contributed by atoms with Gasteiger partial charge in [-0.3, -0.25) is 4.90 Å². The Balaban J connectivity index is 2.02. The minimum absolute atomic E-state index is 0.341. The van der Waals surface area contributed by atoms with Gasteiger partial charge in [0.15, 0.2) is 0 Å². The van der Waals surface area contributed by atoms with Crippen molar-refractivity contribution in [3.8, 4) is 0 Å². The van der Waals surface area contributed by atoms with Crippen LogP contribution in [0.3, 0.4) is 0 Å². The Morgan fingerprint density at radius 1 is 1.47 bits per heavy atom. The maximum Gasteiger partial charge on any atom is 0.0414 e. The van der Waals surface area contributed by atoms with Crippen molar-refractivity contribution < 1.29 is 0 Å². The van der Waals surface area contributed by atoms with Crippen LogP contribution in [0.25, 0.3) is 0 Å². The fourth-order valence-electron chi connectivity index (χ4n) is 2.41. The van der Waals surface area contributed by atoms with Crippen molar-refractivity contribution in [2.45, 2.75) is 39.8 Å². The van der Waals surface area contributed by atoms with E-state index in [1.807, 2.05) is 11.3 Å². The topological polar surface area (TPSA) is 15.3 Å². The van der Waals surface area contributed by atoms with Crippen LogP contribution in [0.4, 0.5) is 0 Å². The van der Waals surface area contributed by atoms with E-state index in [-0.39, 0.29) is 0 Å². The smallest absolute Gasteiger partial charge is 0.0414 e. The van der Waals surface area contributed by atoms with E-state index in [9.17, 15) is 0 Å². The number of thiophene rings is 1. The molecule has 1 aliphatic heterocycles. The van der Waals surface area contributed by atoms with E-state index in [1.165, 1.54) is 4.88 Å². The first kappa shape index (κ1) is 13.1. The van der Waals surface area contributed by atoms with E-state index >= 15 is 0 Å². The largest absolute Gasteiger partial charge is 0.311 e. The highest BCUT2D eigenvalue weighted by molar-refractivity contribution is 7.10. The van der Waals surface area contributed by atoms with Crippen molar-refractivity contribution in [3.05, 3.63) is 22.4 Å². The van der Waals surface area contributed by atoms with Crippen molar-refractivity contribution >= 4 is 11.3 Å². The van der Waals surface area contributed by atoms with Crippen LogP contribution in [-0.4, -0.2) is 30.6 Å². The van der Waals surface area contributed by atoms with E-state index in [1.54, 1.807) is 0 Å². The molecule has 0 saturated carbocycles. The van der Waals surface area contributed by atoms with Crippen molar-refractivity contribution in [2.75, 3.05) is 19.6 Å². The summed E-state index contributed by atoms with van der Waals surface area (Å²) < 4.78 is 0. The van der Waals surface area contributed by atoms with Gasteiger partial charge in [-0.2, -0.15) is 0 Å². The molecule has 0 spiro atoms. The van der Waals surface area contributed by atoms with Gasteiger partial charge in [0.1, 0.15) is 0 Å². The zero-order valence-electron chi connectivity index (χ0n) is 11.4. The molecule has 0 amide bonds. The molecule has 1 fully saturated rings. The highest BCUT2D eigenvalue weighted by Crippen LogP contribution is 2.28. The molecule has 0 bridgehead atoms. The van der Waals surface area contributed by atoms with Gasteiger partial charge >= 0.3 is 0 Å². The third-order valence-corrected chi connectivity index (χ3v) is 4.80. The minimum Gasteiger partial charge on any atom is -0.311 e. The summed E-state index contributed by atoms with van der Waals surface area (Å²) in [5.41, 5.74) is 0.341. The predicted molar refractivity (Wildman–Crippen MR) is 75.6 cm³/mol. The van der Waals surface area contributed by atoms with Crippen LogP contribution in [0.2, 0.25) is 0 Å². The van der Waals surface area contributed by atoms with Crippen LogP contribution >= 0.6 is 11.3 Å². The SMILES string of the molecule is CC(c1cccs1)N1CCNC(C(C)(C)C)C1. The molecule has 3 heteroatoms. The molecule has 0 aliphatic carbocycles. The van der Waals surface area contributed by atoms with Crippen LogP contribution in [0.5, 0.6) is 0 Å². The lowest BCUT2D eigenvalue weighted by molar-refractivity contribution is 0.105. The lowest BCUT2D eigenvalue weighted by Crippen LogP contribution is -2.56. The summed E-state index contributed by atoms with van der Waals surface area (Å²) in [5, 5.41) is 5.83. The molecule has 1 aliphatic rings. The average molecular weight is 252 g/mol. The summed E-state index contributed by atoms with van der Waals surface area (Å²) in [4.78, 5) is 4.10. The molecule has 2 nitrogen and oxygen atoms in total. The summed E-state index contributed by atoms with van der Waals surface area (Å²) >= 11 is 1.87. The maximum absolute atomic E-state index is 3.65. The summed E-state index contributed by atoms with van der Waals surface area (Å²) in [6.45, 7) is 12.7. The molecule has 1 N–H and O–H groups in total. The molecule has 2 unspecified atom stereocenters. The number of piperazine rings is 1. The first-order valence-electron chi connectivity index (χ1n) is 6.49. The van der Waals surface area contributed by atoms with Crippen LogP contribution in [0, 0.1) is 5.41 Å². The monoisotopic (exact) mass is 252 g/mol. The number of rotatable bonds is 2. The van der Waals surface area contributed by atoms with Gasteiger partial charge in [-0.15, -0.1) is 11.3 Å². The zero-order valence-corrected chi connectivity index (χ0v) is 12.2. The van der Waals surface area contributed by atoms with Crippen molar-refractivity contribution in [1.82, 2.24) is 10.2 Å². The Morgan fingerprint density at radius 3 is 2.82 bits per heavy atom. The second kappa shape index (κ2) is 5.09. The quantitative estimate of drug-likeness (QED) is 0.870. The van der Waals surface area contributed by atoms with Gasteiger partial charge in [0.25, 0.3) is 0 Å². The zero-order chi connectivity index (χ0) is 12.5. The Hall–Kier alpha value is -0.380. The lowest BCUT2D eigenvalue weighted by Gasteiger charge is -2.42. The normalized spacial score (nSPS) is 24.8. The van der Waals surface area contributed by atoms with E-state index in [0.717, 1.165) is 19.6 Å². The first-order valence-corrected chi connectivity index (χ1v) is 7.37. The van der Waals surface area contributed by atoms with Gasteiger partial charge in [-0.25, -0.2) is 0 Å². The molecule has 1 aromatic heterocycles. The Morgan fingerprint density at radius 2 is 2.24 bits per heavy atom. The second-order valence-corrected chi connectivity index (χ2v) is 7.04. The third kappa shape index (κ3) is 3.09. The number of nitrogens with one attached hydrogen (secondary N) is 1. The number of hydrogen-bond donors (Lipinski definition) is 1. The van der Waals surface area contributed by atoms with E-state index < -0.39 is 0 Å². The Labute approximate surface area is 109 Å². The van der Waals surface area contributed by atoms with Gasteiger partial charge in [0.05, 0.1) is 0 Å². The van der Waals surface area contributed by atoms with Gasteiger partial charge in [-0.1, -0.05) is 26.8 Å². The second-order valence-electron chi connectivity index (χ2n) is 6.06. The van der Waals surface area contributed by atoms with Gasteiger partial charge in [0.2, 0.25) is 0 Å². The molecular weight excluding hydrogens is 228 g/mol. The molecule has 2 rings (SSSR count). The lowest BCUT2D eigenvalue weighted by atomic mass is 9.85. The van der Waals surface area contributed by atoms with Crippen molar-refractivity contribution in [1.29, 1.82) is 0 Å². The highest BCUT2D eigenvalue weighted by atomic mass is 32.1. The Kier molecular flexibility index (Phi) is 3.91. The van der Waals surface area contributed by atoms with Gasteiger partial charge in [-0.05, 0) is 23.8 Å². The molecule has 2 heterocycles. The molecule has 0 radical (unpaired) electrons. The summed E-state index contributed by atoms with van der Waals surface area (Å²) in [5.74, 6) is 0. The van der Waals surface area contributed by atoms with Crippen LogP contribution in [-0.2, 0) is 0 Å². The van der Waals surface area contributed by atoms with E-state index in [0.29, 0.717) is 17.5 Å². The van der Waals surface area contributed by atoms with Crippen LogP contribution in [0.15, 0.2) is 17.5 Å². The molecule has 2 atom stereocenters. The van der Waals surface area contributed by atoms with Crippen molar-refractivity contribution in [2.24, 2.45) is 5.41 Å². The predicted octanol–water partition coefficient (Wildman–Crippen LogP) is 3.13. The van der Waals surface area contributed by atoms with Gasteiger partial charge in [0, 0.05) is 36.6 Å². The minimum atomic E-state index is 0.341. The average Bonchev–Trinajstić information content (AvgIpc) is 2.80. The van der Waals surface area contributed by atoms with Gasteiger partial charge < -0.3 is 5.32 Å². The summed E-state index contributed by atoms with van der Waals surface area (Å²) in [6.07, 6.45) is 0. The summed E-state index contributed by atoms with van der Waals surface area (Å²) in [6, 6.07) is 5.56. The van der Waals surface area contributed by atoms with Crippen molar-refractivity contribution in [3.63, 3.8) is 0 Å². The fourth-order valence-corrected chi connectivity index (χ4v) is 3.23. The van der Waals surface area contributed by atoms with E-state index in [2.05, 4.69) is 55.4 Å². The Bertz CT molecular complexity index is 340.